The molecule has 1 aromatic heterocycles. The molecule has 0 aliphatic rings. The van der Waals surface area contributed by atoms with E-state index in [0.29, 0.717) is 6.04 Å². The van der Waals surface area contributed by atoms with Crippen LogP contribution in [-0.2, 0) is 11.8 Å². The second kappa shape index (κ2) is 6.05. The van der Waals surface area contributed by atoms with Crippen molar-refractivity contribution in [3.63, 3.8) is 0 Å². The van der Waals surface area contributed by atoms with Gasteiger partial charge in [0.1, 0.15) is 0 Å². The summed E-state index contributed by atoms with van der Waals surface area (Å²) in [5.74, 6) is 0. The lowest BCUT2D eigenvalue weighted by Crippen LogP contribution is -2.14. The first-order valence-corrected chi connectivity index (χ1v) is 8.03. The van der Waals surface area contributed by atoms with Gasteiger partial charge in [-0.25, -0.2) is 0 Å². The van der Waals surface area contributed by atoms with E-state index in [2.05, 4.69) is 76.6 Å². The van der Waals surface area contributed by atoms with Gasteiger partial charge >= 0.3 is 0 Å². The summed E-state index contributed by atoms with van der Waals surface area (Å²) in [5.41, 5.74) is 5.28. The first-order valence-electron chi connectivity index (χ1n) is 8.03. The van der Waals surface area contributed by atoms with Crippen LogP contribution in [0.3, 0.4) is 0 Å². The molecule has 1 aromatic carbocycles. The quantitative estimate of drug-likeness (QED) is 0.737. The van der Waals surface area contributed by atoms with Gasteiger partial charge in [0.25, 0.3) is 0 Å². The van der Waals surface area contributed by atoms with E-state index < -0.39 is 0 Å². The van der Waals surface area contributed by atoms with Gasteiger partial charge in [0.05, 0.1) is 5.69 Å². The Balaban J connectivity index is 2.74. The van der Waals surface area contributed by atoms with E-state index in [4.69, 9.17) is 5.10 Å². The van der Waals surface area contributed by atoms with Crippen LogP contribution in [0.1, 0.15) is 65.4 Å². The van der Waals surface area contributed by atoms with Crippen molar-refractivity contribution in [2.75, 3.05) is 0 Å². The molecule has 2 nitrogen and oxygen atoms in total. The molecular formula is C19H28N2. The van der Waals surface area contributed by atoms with E-state index in [9.17, 15) is 0 Å². The Labute approximate surface area is 129 Å². The Morgan fingerprint density at radius 3 is 2.19 bits per heavy atom. The van der Waals surface area contributed by atoms with Gasteiger partial charge in [0.2, 0.25) is 0 Å². The highest BCUT2D eigenvalue weighted by Gasteiger charge is 2.27. The summed E-state index contributed by atoms with van der Waals surface area (Å²) in [5, 5.41) is 4.99. The minimum atomic E-state index is 0.0494. The SMILES string of the molecule is CCCc1c(-c2ccccc2)c(C(C)(C)C)nn1C(C)C. The fourth-order valence-electron chi connectivity index (χ4n) is 2.81. The summed E-state index contributed by atoms with van der Waals surface area (Å²) < 4.78 is 2.23. The lowest BCUT2D eigenvalue weighted by molar-refractivity contribution is 0.481. The second-order valence-electron chi connectivity index (χ2n) is 7.07. The molecule has 0 atom stereocenters. The molecule has 0 aliphatic carbocycles. The Hall–Kier alpha value is -1.57. The van der Waals surface area contributed by atoms with Crippen molar-refractivity contribution < 1.29 is 0 Å². The molecule has 0 spiro atoms. The van der Waals surface area contributed by atoms with Crippen LogP contribution in [0.4, 0.5) is 0 Å². The van der Waals surface area contributed by atoms with Gasteiger partial charge in [-0.2, -0.15) is 5.10 Å². The number of aromatic nitrogens is 2. The summed E-state index contributed by atoms with van der Waals surface area (Å²) in [6.07, 6.45) is 2.22. The topological polar surface area (TPSA) is 17.8 Å². The maximum Gasteiger partial charge on any atom is 0.0759 e. The van der Waals surface area contributed by atoms with Crippen LogP contribution in [0.5, 0.6) is 0 Å². The molecule has 0 amide bonds. The molecule has 21 heavy (non-hydrogen) atoms. The molecule has 0 saturated carbocycles. The third kappa shape index (κ3) is 3.20. The molecule has 0 fully saturated rings. The highest BCUT2D eigenvalue weighted by atomic mass is 15.3. The number of hydrogen-bond acceptors (Lipinski definition) is 1. The van der Waals surface area contributed by atoms with Gasteiger partial charge in [0, 0.05) is 22.7 Å². The van der Waals surface area contributed by atoms with Crippen LogP contribution >= 0.6 is 0 Å². The number of hydrogen-bond donors (Lipinski definition) is 0. The largest absolute Gasteiger partial charge is 0.266 e. The highest BCUT2D eigenvalue weighted by Crippen LogP contribution is 2.36. The second-order valence-corrected chi connectivity index (χ2v) is 7.07. The van der Waals surface area contributed by atoms with E-state index in [0.717, 1.165) is 12.8 Å². The van der Waals surface area contributed by atoms with E-state index in [1.54, 1.807) is 0 Å². The smallest absolute Gasteiger partial charge is 0.0759 e. The van der Waals surface area contributed by atoms with Gasteiger partial charge in [-0.05, 0) is 25.8 Å². The third-order valence-electron chi connectivity index (χ3n) is 3.76. The Bertz CT molecular complexity index is 586. The first-order chi connectivity index (χ1) is 9.86. The normalized spacial score (nSPS) is 12.1. The van der Waals surface area contributed by atoms with Crippen molar-refractivity contribution in [2.24, 2.45) is 0 Å². The predicted molar refractivity (Wildman–Crippen MR) is 90.7 cm³/mol. The highest BCUT2D eigenvalue weighted by molar-refractivity contribution is 5.70. The predicted octanol–water partition coefficient (Wildman–Crippen LogP) is 5.38. The Kier molecular flexibility index (Phi) is 4.55. The standard InChI is InChI=1S/C19H28N2/c1-7-11-16-17(15-12-9-8-10-13-15)18(19(4,5)6)20-21(16)14(2)3/h8-10,12-14H,7,11H2,1-6H3. The fourth-order valence-corrected chi connectivity index (χ4v) is 2.81. The van der Waals surface area contributed by atoms with E-state index in [1.165, 1.54) is 22.5 Å². The average molecular weight is 284 g/mol. The molecule has 2 aromatic rings. The average Bonchev–Trinajstić information content (AvgIpc) is 2.80. The number of benzene rings is 1. The van der Waals surface area contributed by atoms with Gasteiger partial charge in [-0.1, -0.05) is 64.4 Å². The van der Waals surface area contributed by atoms with Crippen molar-refractivity contribution in [3.05, 3.63) is 41.7 Å². The van der Waals surface area contributed by atoms with Gasteiger partial charge in [-0.15, -0.1) is 0 Å². The van der Waals surface area contributed by atoms with Crippen molar-refractivity contribution in [2.45, 2.75) is 65.8 Å². The minimum absolute atomic E-state index is 0.0494. The zero-order chi connectivity index (χ0) is 15.6. The number of nitrogens with zero attached hydrogens (tertiary/aromatic N) is 2. The van der Waals surface area contributed by atoms with Crippen LogP contribution in [0.15, 0.2) is 30.3 Å². The molecule has 0 aliphatic heterocycles. The Morgan fingerprint density at radius 2 is 1.71 bits per heavy atom. The first kappa shape index (κ1) is 15.8. The molecule has 114 valence electrons. The van der Waals surface area contributed by atoms with E-state index in [-0.39, 0.29) is 5.41 Å². The molecule has 0 bridgehead atoms. The fraction of sp³-hybridized carbons (Fsp3) is 0.526. The molecule has 0 radical (unpaired) electrons. The van der Waals surface area contributed by atoms with Gasteiger partial charge in [-0.3, -0.25) is 4.68 Å². The van der Waals surface area contributed by atoms with Crippen molar-refractivity contribution in [1.29, 1.82) is 0 Å². The van der Waals surface area contributed by atoms with Crippen molar-refractivity contribution >= 4 is 0 Å². The summed E-state index contributed by atoms with van der Waals surface area (Å²) >= 11 is 0. The van der Waals surface area contributed by atoms with Crippen molar-refractivity contribution in [1.82, 2.24) is 9.78 Å². The van der Waals surface area contributed by atoms with E-state index >= 15 is 0 Å². The summed E-state index contributed by atoms with van der Waals surface area (Å²) in [6, 6.07) is 11.1. The summed E-state index contributed by atoms with van der Waals surface area (Å²) in [7, 11) is 0. The van der Waals surface area contributed by atoms with Crippen LogP contribution in [-0.4, -0.2) is 9.78 Å². The van der Waals surface area contributed by atoms with Crippen LogP contribution in [0, 0.1) is 0 Å². The molecule has 0 unspecified atom stereocenters. The molecular weight excluding hydrogens is 256 g/mol. The molecule has 0 N–H and O–H groups in total. The van der Waals surface area contributed by atoms with Gasteiger partial charge in [0.15, 0.2) is 0 Å². The molecule has 2 heteroatoms. The maximum atomic E-state index is 4.99. The monoisotopic (exact) mass is 284 g/mol. The maximum absolute atomic E-state index is 4.99. The third-order valence-corrected chi connectivity index (χ3v) is 3.76. The lowest BCUT2D eigenvalue weighted by Gasteiger charge is -2.18. The molecule has 0 saturated heterocycles. The summed E-state index contributed by atoms with van der Waals surface area (Å²) in [6.45, 7) is 13.4. The van der Waals surface area contributed by atoms with Crippen LogP contribution in [0.25, 0.3) is 11.1 Å². The van der Waals surface area contributed by atoms with Crippen molar-refractivity contribution in [3.8, 4) is 11.1 Å². The zero-order valence-electron chi connectivity index (χ0n) is 14.3. The van der Waals surface area contributed by atoms with E-state index in [1.807, 2.05) is 0 Å². The van der Waals surface area contributed by atoms with Crippen LogP contribution < -0.4 is 0 Å². The Morgan fingerprint density at radius 1 is 1.10 bits per heavy atom. The molecule has 2 rings (SSSR count). The summed E-state index contributed by atoms with van der Waals surface area (Å²) in [4.78, 5) is 0. The molecule has 1 heterocycles. The zero-order valence-corrected chi connectivity index (χ0v) is 14.3. The minimum Gasteiger partial charge on any atom is -0.266 e. The lowest BCUT2D eigenvalue weighted by atomic mass is 9.86. The van der Waals surface area contributed by atoms with Gasteiger partial charge < -0.3 is 0 Å². The van der Waals surface area contributed by atoms with Crippen LogP contribution in [0.2, 0.25) is 0 Å². The number of rotatable bonds is 4.